The van der Waals surface area contributed by atoms with Crippen molar-refractivity contribution in [2.45, 2.75) is 18.7 Å². The smallest absolute Gasteiger partial charge is 0.396 e. The summed E-state index contributed by atoms with van der Waals surface area (Å²) in [5, 5.41) is 0.180. The summed E-state index contributed by atoms with van der Waals surface area (Å²) in [5.74, 6) is 0. The van der Waals surface area contributed by atoms with Crippen LogP contribution >= 0.6 is 22.9 Å². The molecule has 1 heterocycles. The van der Waals surface area contributed by atoms with E-state index in [1.54, 1.807) is 19.1 Å². The van der Waals surface area contributed by atoms with Gasteiger partial charge in [0.25, 0.3) is 10.0 Å². The second-order valence-electron chi connectivity index (χ2n) is 5.11. The number of fused-ring (bicyclic) bond motifs is 1. The van der Waals surface area contributed by atoms with Gasteiger partial charge in [-0.05, 0) is 43.2 Å². The van der Waals surface area contributed by atoms with Gasteiger partial charge < -0.3 is 4.42 Å². The molecule has 0 aliphatic rings. The molecule has 0 spiro atoms. The van der Waals surface area contributed by atoms with E-state index < -0.39 is 15.0 Å². The molecule has 0 saturated carbocycles. The number of hydrogen-bond acceptors (Lipinski definition) is 5. The predicted molar refractivity (Wildman–Crippen MR) is 92.1 cm³/mol. The predicted octanol–water partition coefficient (Wildman–Crippen LogP) is 3.93. The first kappa shape index (κ1) is 16.0. The molecule has 23 heavy (non-hydrogen) atoms. The highest BCUT2D eigenvalue weighted by atomic mass is 35.5. The summed E-state index contributed by atoms with van der Waals surface area (Å²) >= 11 is 6.91. The van der Waals surface area contributed by atoms with Crippen molar-refractivity contribution in [2.24, 2.45) is 0 Å². The van der Waals surface area contributed by atoms with Crippen molar-refractivity contribution in [3.8, 4) is 0 Å². The molecule has 0 fully saturated rings. The number of rotatable bonds is 3. The molecular weight excluding hydrogens is 358 g/mol. The van der Waals surface area contributed by atoms with Gasteiger partial charge in [0.05, 0.1) is 20.3 Å². The summed E-state index contributed by atoms with van der Waals surface area (Å²) < 4.78 is 33.1. The van der Waals surface area contributed by atoms with Crippen LogP contribution in [0.25, 0.3) is 10.3 Å². The van der Waals surface area contributed by atoms with Crippen molar-refractivity contribution in [2.75, 3.05) is 4.72 Å². The summed E-state index contributed by atoms with van der Waals surface area (Å²) in [5.41, 5.74) is 2.03. The zero-order valence-corrected chi connectivity index (χ0v) is 14.6. The van der Waals surface area contributed by atoms with Crippen LogP contribution in [0.2, 0.25) is 5.02 Å². The number of aryl methyl sites for hydroxylation is 2. The van der Waals surface area contributed by atoms with E-state index in [0.717, 1.165) is 16.9 Å². The number of nitrogens with one attached hydrogen (secondary N) is 1. The van der Waals surface area contributed by atoms with Crippen LogP contribution in [0.15, 0.2) is 44.4 Å². The summed E-state index contributed by atoms with van der Waals surface area (Å²) in [6, 6.07) is 8.15. The number of halogens is 1. The zero-order valence-electron chi connectivity index (χ0n) is 12.2. The van der Waals surface area contributed by atoms with Gasteiger partial charge >= 0.3 is 4.94 Å². The van der Waals surface area contributed by atoms with Gasteiger partial charge in [-0.15, -0.1) is 0 Å². The quantitative estimate of drug-likeness (QED) is 0.759. The Balaban J connectivity index is 2.07. The standard InChI is InChI=1S/C15H12ClNO4S2/c1-8-3-4-9(2)13(5-8)23(19,20)17-10-6-11(16)14-12(7-10)22-15(18)21-14/h3-7,17H,1-2H3. The average Bonchev–Trinajstić information content (AvgIpc) is 2.82. The third-order valence-electron chi connectivity index (χ3n) is 3.27. The van der Waals surface area contributed by atoms with E-state index in [9.17, 15) is 13.2 Å². The van der Waals surface area contributed by atoms with E-state index in [0.29, 0.717) is 10.3 Å². The van der Waals surface area contributed by atoms with Gasteiger partial charge in [-0.2, -0.15) is 0 Å². The average molecular weight is 370 g/mol. The van der Waals surface area contributed by atoms with Crippen molar-refractivity contribution < 1.29 is 12.8 Å². The fraction of sp³-hybridized carbons (Fsp3) is 0.133. The second-order valence-corrected chi connectivity index (χ2v) is 8.15. The molecule has 0 unspecified atom stereocenters. The molecule has 2 aromatic carbocycles. The lowest BCUT2D eigenvalue weighted by atomic mass is 10.2. The van der Waals surface area contributed by atoms with E-state index in [2.05, 4.69) is 4.72 Å². The van der Waals surface area contributed by atoms with Gasteiger partial charge in [-0.25, -0.2) is 13.2 Å². The zero-order chi connectivity index (χ0) is 16.8. The number of hydrogen-bond donors (Lipinski definition) is 1. The van der Waals surface area contributed by atoms with Gasteiger partial charge in [0.15, 0.2) is 5.58 Å². The summed E-state index contributed by atoms with van der Waals surface area (Å²) in [6.45, 7) is 3.55. The fourth-order valence-corrected chi connectivity index (χ4v) is 4.62. The minimum atomic E-state index is -3.76. The first-order valence-electron chi connectivity index (χ1n) is 6.59. The lowest BCUT2D eigenvalue weighted by Crippen LogP contribution is -2.14. The van der Waals surface area contributed by atoms with Crippen molar-refractivity contribution in [1.82, 2.24) is 0 Å². The number of anilines is 1. The fourth-order valence-electron chi connectivity index (χ4n) is 2.20. The maximum Gasteiger partial charge on any atom is 0.396 e. The third-order valence-corrected chi connectivity index (χ3v) is 5.85. The third kappa shape index (κ3) is 3.12. The molecule has 3 rings (SSSR count). The molecule has 0 aliphatic carbocycles. The largest absolute Gasteiger partial charge is 0.412 e. The Morgan fingerprint density at radius 3 is 2.65 bits per heavy atom. The lowest BCUT2D eigenvalue weighted by molar-refractivity contribution is 0.585. The van der Waals surface area contributed by atoms with Crippen molar-refractivity contribution in [1.29, 1.82) is 0 Å². The van der Waals surface area contributed by atoms with Gasteiger partial charge in [0.1, 0.15) is 0 Å². The minimum Gasteiger partial charge on any atom is -0.412 e. The Labute approximate surface area is 141 Å². The highest BCUT2D eigenvalue weighted by molar-refractivity contribution is 7.92. The molecule has 0 atom stereocenters. The Hall–Kier alpha value is -1.83. The van der Waals surface area contributed by atoms with Crippen LogP contribution in [0.3, 0.4) is 0 Å². The van der Waals surface area contributed by atoms with Crippen LogP contribution < -0.4 is 9.66 Å². The van der Waals surface area contributed by atoms with Gasteiger partial charge in [-0.3, -0.25) is 4.72 Å². The minimum absolute atomic E-state index is 0.180. The topological polar surface area (TPSA) is 76.4 Å². The summed E-state index contributed by atoms with van der Waals surface area (Å²) in [6.07, 6.45) is 0. The van der Waals surface area contributed by atoms with Crippen LogP contribution in [-0.4, -0.2) is 8.42 Å². The van der Waals surface area contributed by atoms with E-state index in [4.69, 9.17) is 16.0 Å². The van der Waals surface area contributed by atoms with E-state index in [1.165, 1.54) is 12.1 Å². The SMILES string of the molecule is Cc1ccc(C)c(S(=O)(=O)Nc2cc(Cl)c3oc(=O)sc3c2)c1. The Kier molecular flexibility index (Phi) is 3.95. The normalized spacial score (nSPS) is 11.8. The molecule has 0 saturated heterocycles. The van der Waals surface area contributed by atoms with Gasteiger partial charge in [0, 0.05) is 0 Å². The maximum atomic E-state index is 12.6. The lowest BCUT2D eigenvalue weighted by Gasteiger charge is -2.11. The van der Waals surface area contributed by atoms with Crippen LogP contribution in [-0.2, 0) is 10.0 Å². The monoisotopic (exact) mass is 369 g/mol. The van der Waals surface area contributed by atoms with Crippen LogP contribution in [0.1, 0.15) is 11.1 Å². The summed E-state index contributed by atoms with van der Waals surface area (Å²) in [7, 11) is -3.76. The number of benzene rings is 2. The van der Waals surface area contributed by atoms with Crippen molar-refractivity contribution in [3.63, 3.8) is 0 Å². The van der Waals surface area contributed by atoms with Gasteiger partial charge in [-0.1, -0.05) is 35.1 Å². The molecule has 3 aromatic rings. The molecule has 0 aliphatic heterocycles. The second kappa shape index (κ2) is 5.67. The van der Waals surface area contributed by atoms with Crippen molar-refractivity contribution >= 4 is 48.9 Å². The van der Waals surface area contributed by atoms with Crippen molar-refractivity contribution in [3.05, 3.63) is 56.2 Å². The maximum absolute atomic E-state index is 12.6. The Morgan fingerprint density at radius 2 is 1.91 bits per heavy atom. The molecule has 0 bridgehead atoms. The Morgan fingerprint density at radius 1 is 1.17 bits per heavy atom. The highest BCUT2D eigenvalue weighted by Crippen LogP contribution is 2.31. The molecule has 1 N–H and O–H groups in total. The van der Waals surface area contributed by atoms with Crippen LogP contribution in [0.4, 0.5) is 5.69 Å². The molecule has 1 aromatic heterocycles. The van der Waals surface area contributed by atoms with Gasteiger partial charge in [0.2, 0.25) is 0 Å². The Bertz CT molecular complexity index is 1070. The molecule has 120 valence electrons. The van der Waals surface area contributed by atoms with E-state index in [-0.39, 0.29) is 21.2 Å². The molecule has 0 radical (unpaired) electrons. The first-order valence-corrected chi connectivity index (χ1v) is 9.27. The van der Waals surface area contributed by atoms with E-state index >= 15 is 0 Å². The molecule has 0 amide bonds. The summed E-state index contributed by atoms with van der Waals surface area (Å²) in [4.78, 5) is 11.0. The van der Waals surface area contributed by atoms with Crippen LogP contribution in [0, 0.1) is 13.8 Å². The molecule has 8 heteroatoms. The van der Waals surface area contributed by atoms with E-state index in [1.807, 2.05) is 13.0 Å². The molecular formula is C15H12ClNO4S2. The molecule has 5 nitrogen and oxygen atoms in total. The highest BCUT2D eigenvalue weighted by Gasteiger charge is 2.18. The first-order chi connectivity index (χ1) is 10.8. The number of sulfonamides is 1. The van der Waals surface area contributed by atoms with Crippen LogP contribution in [0.5, 0.6) is 0 Å².